The van der Waals surface area contributed by atoms with Gasteiger partial charge in [-0.15, -0.1) is 0 Å². The van der Waals surface area contributed by atoms with Crippen LogP contribution < -0.4 is 5.32 Å². The molecular weight excluding hydrogens is 484 g/mol. The van der Waals surface area contributed by atoms with Gasteiger partial charge in [-0.3, -0.25) is 23.9 Å². The van der Waals surface area contributed by atoms with Crippen LogP contribution in [0.1, 0.15) is 36.2 Å². The average Bonchev–Trinajstić information content (AvgIpc) is 3.26. The number of rotatable bonds is 8. The maximum absolute atomic E-state index is 13.6. The van der Waals surface area contributed by atoms with E-state index in [0.717, 1.165) is 47.7 Å². The van der Waals surface area contributed by atoms with E-state index in [1.807, 2.05) is 56.6 Å². The highest BCUT2D eigenvalue weighted by Gasteiger charge is 2.41. The summed E-state index contributed by atoms with van der Waals surface area (Å²) in [4.78, 5) is 8.32. The molecule has 2 aromatic heterocycles. The van der Waals surface area contributed by atoms with E-state index < -0.39 is 18.8 Å². The van der Waals surface area contributed by atoms with Gasteiger partial charge in [0.25, 0.3) is 0 Å². The molecule has 37 heavy (non-hydrogen) atoms. The van der Waals surface area contributed by atoms with Crippen molar-refractivity contribution in [3.05, 3.63) is 65.6 Å². The molecule has 0 unspecified atom stereocenters. The molecule has 10 heteroatoms. The summed E-state index contributed by atoms with van der Waals surface area (Å²) in [5.41, 5.74) is 5.06. The zero-order chi connectivity index (χ0) is 26.2. The number of halogens is 4. The standard InChI is InChI=1S/C27H32F4N6/c1-18-12-20-13-19(24-8-11-35(2)34-24)4-6-23(20)26(37(18)17-27(29,30)31)25-7-5-21(14-32-25)33-22-15-36(16-22)10-3-9-28/h4-8,11,13-14,18,22,26,33H,3,9-10,12,15-17H2,1-2H3/t18-,26+/m0/s1. The summed E-state index contributed by atoms with van der Waals surface area (Å²) in [6.45, 7) is 2.97. The molecule has 2 atom stereocenters. The van der Waals surface area contributed by atoms with Gasteiger partial charge in [-0.1, -0.05) is 12.1 Å². The molecule has 1 aromatic carbocycles. The van der Waals surface area contributed by atoms with Gasteiger partial charge in [0.1, 0.15) is 0 Å². The predicted octanol–water partition coefficient (Wildman–Crippen LogP) is 4.84. The molecule has 5 rings (SSSR count). The molecule has 1 N–H and O–H groups in total. The van der Waals surface area contributed by atoms with E-state index in [0.29, 0.717) is 18.5 Å². The lowest BCUT2D eigenvalue weighted by Gasteiger charge is -2.42. The number of pyridine rings is 1. The molecular formula is C27H32F4N6. The van der Waals surface area contributed by atoms with Crippen molar-refractivity contribution in [2.24, 2.45) is 7.05 Å². The fourth-order valence-corrected chi connectivity index (χ4v) is 5.44. The highest BCUT2D eigenvalue weighted by atomic mass is 19.4. The molecule has 0 radical (unpaired) electrons. The lowest BCUT2D eigenvalue weighted by molar-refractivity contribution is -0.155. The third kappa shape index (κ3) is 5.80. The van der Waals surface area contributed by atoms with Crippen molar-refractivity contribution in [2.75, 3.05) is 38.2 Å². The second-order valence-corrected chi connectivity index (χ2v) is 10.1. The first-order chi connectivity index (χ1) is 17.7. The number of likely N-dealkylation sites (tertiary alicyclic amines) is 1. The van der Waals surface area contributed by atoms with E-state index in [1.165, 1.54) is 4.90 Å². The van der Waals surface area contributed by atoms with Crippen molar-refractivity contribution in [3.63, 3.8) is 0 Å². The third-order valence-electron chi connectivity index (χ3n) is 7.22. The summed E-state index contributed by atoms with van der Waals surface area (Å²) in [6.07, 6.45) is 0.311. The lowest BCUT2D eigenvalue weighted by Crippen LogP contribution is -2.54. The Morgan fingerprint density at radius 1 is 1.11 bits per heavy atom. The number of aryl methyl sites for hydroxylation is 1. The molecule has 1 fully saturated rings. The second-order valence-electron chi connectivity index (χ2n) is 10.1. The highest BCUT2D eigenvalue weighted by Crippen LogP contribution is 2.40. The average molecular weight is 517 g/mol. The summed E-state index contributed by atoms with van der Waals surface area (Å²) in [5, 5.41) is 7.89. The fourth-order valence-electron chi connectivity index (χ4n) is 5.44. The smallest absolute Gasteiger partial charge is 0.378 e. The third-order valence-corrected chi connectivity index (χ3v) is 7.22. The van der Waals surface area contributed by atoms with E-state index in [2.05, 4.69) is 20.3 Å². The monoisotopic (exact) mass is 516 g/mol. The topological polar surface area (TPSA) is 49.2 Å². The molecule has 2 aliphatic heterocycles. The van der Waals surface area contributed by atoms with Crippen molar-refractivity contribution in [1.82, 2.24) is 24.6 Å². The van der Waals surface area contributed by atoms with Gasteiger partial charge >= 0.3 is 6.18 Å². The molecule has 1 saturated heterocycles. The second kappa shape index (κ2) is 10.4. The molecule has 0 saturated carbocycles. The van der Waals surface area contributed by atoms with Crippen molar-refractivity contribution in [2.45, 2.75) is 44.1 Å². The van der Waals surface area contributed by atoms with Gasteiger partial charge in [-0.05, 0) is 55.2 Å². The van der Waals surface area contributed by atoms with Gasteiger partial charge in [-0.25, -0.2) is 0 Å². The van der Waals surface area contributed by atoms with Gasteiger partial charge in [0.15, 0.2) is 0 Å². The van der Waals surface area contributed by atoms with E-state index in [9.17, 15) is 17.6 Å². The van der Waals surface area contributed by atoms with E-state index in [4.69, 9.17) is 0 Å². The molecule has 0 aliphatic carbocycles. The predicted molar refractivity (Wildman–Crippen MR) is 135 cm³/mol. The normalized spacial score (nSPS) is 21.0. The minimum Gasteiger partial charge on any atom is -0.378 e. The van der Waals surface area contributed by atoms with Crippen LogP contribution in [0, 0.1) is 0 Å². The number of hydrogen-bond acceptors (Lipinski definition) is 5. The number of nitrogens with one attached hydrogen (secondary N) is 1. The van der Waals surface area contributed by atoms with Crippen LogP contribution in [-0.2, 0) is 13.5 Å². The highest BCUT2D eigenvalue weighted by molar-refractivity contribution is 5.62. The maximum atomic E-state index is 13.6. The quantitative estimate of drug-likeness (QED) is 0.435. The van der Waals surface area contributed by atoms with Crippen molar-refractivity contribution in [3.8, 4) is 11.3 Å². The van der Waals surface area contributed by atoms with Crippen molar-refractivity contribution < 1.29 is 17.6 Å². The van der Waals surface area contributed by atoms with Gasteiger partial charge in [0.05, 0.1) is 48.6 Å². The molecule has 198 valence electrons. The van der Waals surface area contributed by atoms with Gasteiger partial charge in [0.2, 0.25) is 0 Å². The van der Waals surface area contributed by atoms with Gasteiger partial charge in [0, 0.05) is 44.5 Å². The number of nitrogens with zero attached hydrogens (tertiary/aromatic N) is 5. The minimum absolute atomic E-state index is 0.259. The van der Waals surface area contributed by atoms with Crippen LogP contribution in [0.5, 0.6) is 0 Å². The number of alkyl halides is 4. The number of anilines is 1. The largest absolute Gasteiger partial charge is 0.401 e. The molecule has 4 heterocycles. The number of hydrogen-bond donors (Lipinski definition) is 1. The Morgan fingerprint density at radius 2 is 1.92 bits per heavy atom. The Balaban J connectivity index is 1.40. The SMILES string of the molecule is C[C@H]1Cc2cc(-c3ccn(C)n3)ccc2[C@H](c2ccc(NC3CN(CCCF)C3)cn2)N1CC(F)(F)F. The summed E-state index contributed by atoms with van der Waals surface area (Å²) >= 11 is 0. The number of benzene rings is 1. The van der Waals surface area contributed by atoms with Crippen LogP contribution in [0.4, 0.5) is 23.2 Å². The summed E-state index contributed by atoms with van der Waals surface area (Å²) in [6, 6.07) is 10.9. The maximum Gasteiger partial charge on any atom is 0.401 e. The van der Waals surface area contributed by atoms with E-state index in [1.54, 1.807) is 10.9 Å². The Morgan fingerprint density at radius 3 is 2.57 bits per heavy atom. The van der Waals surface area contributed by atoms with Gasteiger partial charge < -0.3 is 5.32 Å². The number of aromatic nitrogens is 3. The van der Waals surface area contributed by atoms with E-state index in [-0.39, 0.29) is 18.8 Å². The molecule has 6 nitrogen and oxygen atoms in total. The molecule has 0 bridgehead atoms. The summed E-state index contributed by atoms with van der Waals surface area (Å²) < 4.78 is 55.0. The van der Waals surface area contributed by atoms with Crippen molar-refractivity contribution >= 4 is 5.69 Å². The molecule has 0 spiro atoms. The van der Waals surface area contributed by atoms with Crippen LogP contribution in [-0.4, -0.2) is 75.7 Å². The fraction of sp³-hybridized carbons (Fsp3) is 0.481. The Labute approximate surface area is 214 Å². The van der Waals surface area contributed by atoms with E-state index >= 15 is 0 Å². The zero-order valence-corrected chi connectivity index (χ0v) is 21.0. The summed E-state index contributed by atoms with van der Waals surface area (Å²) in [7, 11) is 1.85. The van der Waals surface area contributed by atoms with Crippen molar-refractivity contribution in [1.29, 1.82) is 0 Å². The molecule has 0 amide bonds. The van der Waals surface area contributed by atoms with Crippen LogP contribution in [0.3, 0.4) is 0 Å². The first-order valence-corrected chi connectivity index (χ1v) is 12.7. The lowest BCUT2D eigenvalue weighted by atomic mass is 9.85. The first-order valence-electron chi connectivity index (χ1n) is 12.7. The van der Waals surface area contributed by atoms with Crippen LogP contribution in [0.25, 0.3) is 11.3 Å². The summed E-state index contributed by atoms with van der Waals surface area (Å²) in [5.74, 6) is 0. The number of fused-ring (bicyclic) bond motifs is 1. The van der Waals surface area contributed by atoms with Gasteiger partial charge in [-0.2, -0.15) is 18.3 Å². The molecule has 3 aromatic rings. The van der Waals surface area contributed by atoms with Crippen LogP contribution >= 0.6 is 0 Å². The zero-order valence-electron chi connectivity index (χ0n) is 21.0. The Kier molecular flexibility index (Phi) is 7.22. The Hall–Kier alpha value is -2.98. The van der Waals surface area contributed by atoms with Crippen LogP contribution in [0.15, 0.2) is 48.8 Å². The Bertz CT molecular complexity index is 1200. The first kappa shape index (κ1) is 25.7. The van der Waals surface area contributed by atoms with Crippen LogP contribution in [0.2, 0.25) is 0 Å². The minimum atomic E-state index is -4.32. The molecule has 2 aliphatic rings.